The van der Waals surface area contributed by atoms with E-state index >= 15 is 0 Å². The van der Waals surface area contributed by atoms with Gasteiger partial charge in [-0.15, -0.1) is 13.2 Å². The predicted octanol–water partition coefficient (Wildman–Crippen LogP) is 4.72. The number of rotatable bonds is 10. The molecule has 0 aliphatic carbocycles. The van der Waals surface area contributed by atoms with Crippen LogP contribution in [0, 0.1) is 0 Å². The molecule has 1 unspecified atom stereocenters. The van der Waals surface area contributed by atoms with E-state index in [9.17, 15) is 13.2 Å². The fraction of sp³-hybridized carbons (Fsp3) is 0.400. The zero-order valence-electron chi connectivity index (χ0n) is 19.6. The van der Waals surface area contributed by atoms with Crippen LogP contribution in [0.3, 0.4) is 0 Å². The normalized spacial score (nSPS) is 19.1. The summed E-state index contributed by atoms with van der Waals surface area (Å²) in [6.45, 7) is 2.39. The molecule has 2 atom stereocenters. The van der Waals surface area contributed by atoms with Crippen molar-refractivity contribution in [1.82, 2.24) is 9.80 Å². The lowest BCUT2D eigenvalue weighted by molar-refractivity contribution is -0.274. The monoisotopic (exact) mass is 491 g/mol. The summed E-state index contributed by atoms with van der Waals surface area (Å²) in [6.07, 6.45) is -0.463. The van der Waals surface area contributed by atoms with E-state index in [0.29, 0.717) is 12.5 Å². The van der Waals surface area contributed by atoms with E-state index in [0.717, 1.165) is 36.4 Å². The topological polar surface area (TPSA) is 55.8 Å². The third-order valence-corrected chi connectivity index (χ3v) is 5.86. The maximum absolute atomic E-state index is 12.6. The average molecular weight is 492 g/mol. The van der Waals surface area contributed by atoms with Gasteiger partial charge in [-0.2, -0.15) is 0 Å². The number of aliphatic imine (C=N–C) groups is 1. The first kappa shape index (κ1) is 24.9. The number of ether oxygens (including phenoxy) is 4. The van der Waals surface area contributed by atoms with Crippen LogP contribution in [0.2, 0.25) is 0 Å². The Morgan fingerprint density at radius 1 is 1.00 bits per heavy atom. The van der Waals surface area contributed by atoms with Crippen LogP contribution < -0.4 is 9.47 Å². The van der Waals surface area contributed by atoms with Gasteiger partial charge in [0.05, 0.1) is 19.8 Å². The van der Waals surface area contributed by atoms with Gasteiger partial charge in [0.2, 0.25) is 0 Å². The SMILES string of the molecule is COC[C@H](c1ccc(OC(F)(F)F)cc1)N1C(OCc2ccc(OC)cc2)=CC=NC1N1CCC1. The van der Waals surface area contributed by atoms with Crippen molar-refractivity contribution in [3.63, 3.8) is 0 Å². The van der Waals surface area contributed by atoms with Gasteiger partial charge < -0.3 is 18.9 Å². The lowest BCUT2D eigenvalue weighted by Crippen LogP contribution is -2.55. The van der Waals surface area contributed by atoms with Crippen LogP contribution in [-0.2, 0) is 16.1 Å². The van der Waals surface area contributed by atoms with Crippen molar-refractivity contribution >= 4 is 6.21 Å². The molecule has 0 bridgehead atoms. The summed E-state index contributed by atoms with van der Waals surface area (Å²) in [5.74, 6) is 1.08. The molecule has 0 radical (unpaired) electrons. The summed E-state index contributed by atoms with van der Waals surface area (Å²) in [5.41, 5.74) is 1.72. The van der Waals surface area contributed by atoms with Crippen molar-refractivity contribution in [2.75, 3.05) is 33.9 Å². The third-order valence-electron chi connectivity index (χ3n) is 5.86. The standard InChI is InChI=1S/C25H28F3N3O4/c1-32-17-22(19-6-10-21(11-7-19)35-25(26,27)28)31-23(12-13-29-24(31)30-14-3-15-30)34-16-18-4-8-20(33-2)9-5-18/h4-13,22,24H,3,14-17H2,1-2H3/t22-,24?/m1/s1. The fourth-order valence-corrected chi connectivity index (χ4v) is 4.00. The van der Waals surface area contributed by atoms with Gasteiger partial charge >= 0.3 is 6.36 Å². The molecule has 35 heavy (non-hydrogen) atoms. The van der Waals surface area contributed by atoms with Gasteiger partial charge in [0, 0.05) is 32.5 Å². The van der Waals surface area contributed by atoms with Crippen molar-refractivity contribution in [2.24, 2.45) is 4.99 Å². The molecule has 2 aromatic rings. The average Bonchev–Trinajstić information content (AvgIpc) is 2.80. The summed E-state index contributed by atoms with van der Waals surface area (Å²) in [5, 5.41) is 0. The Kier molecular flexibility index (Phi) is 7.82. The van der Waals surface area contributed by atoms with Crippen LogP contribution in [0.15, 0.2) is 65.5 Å². The van der Waals surface area contributed by atoms with Crippen molar-refractivity contribution < 1.29 is 32.1 Å². The van der Waals surface area contributed by atoms with E-state index in [1.165, 1.54) is 12.1 Å². The highest BCUT2D eigenvalue weighted by Gasteiger charge is 2.37. The number of nitrogens with zero attached hydrogens (tertiary/aromatic N) is 3. The molecular formula is C25H28F3N3O4. The van der Waals surface area contributed by atoms with Gasteiger partial charge in [0.1, 0.15) is 18.1 Å². The summed E-state index contributed by atoms with van der Waals surface area (Å²) < 4.78 is 58.8. The number of hydrogen-bond donors (Lipinski definition) is 0. The maximum atomic E-state index is 12.6. The van der Waals surface area contributed by atoms with Crippen molar-refractivity contribution in [3.05, 3.63) is 71.6 Å². The first-order valence-corrected chi connectivity index (χ1v) is 11.2. The van der Waals surface area contributed by atoms with Gasteiger partial charge in [-0.25, -0.2) is 0 Å². The summed E-state index contributed by atoms with van der Waals surface area (Å²) >= 11 is 0. The Bertz CT molecular complexity index is 1020. The first-order chi connectivity index (χ1) is 16.9. The predicted molar refractivity (Wildman–Crippen MR) is 124 cm³/mol. The van der Waals surface area contributed by atoms with Gasteiger partial charge in [-0.3, -0.25) is 14.8 Å². The second-order valence-electron chi connectivity index (χ2n) is 8.17. The molecule has 0 spiro atoms. The van der Waals surface area contributed by atoms with E-state index < -0.39 is 6.36 Å². The summed E-state index contributed by atoms with van der Waals surface area (Å²) in [7, 11) is 3.20. The second-order valence-corrected chi connectivity index (χ2v) is 8.17. The van der Waals surface area contributed by atoms with Crippen LogP contribution in [0.5, 0.6) is 11.5 Å². The van der Waals surface area contributed by atoms with Gasteiger partial charge in [0.15, 0.2) is 12.2 Å². The molecule has 0 aromatic heterocycles. The van der Waals surface area contributed by atoms with E-state index in [1.807, 2.05) is 29.2 Å². The third kappa shape index (κ3) is 6.26. The van der Waals surface area contributed by atoms with Crippen LogP contribution in [0.25, 0.3) is 0 Å². The quantitative estimate of drug-likeness (QED) is 0.480. The maximum Gasteiger partial charge on any atom is 0.573 e. The molecule has 4 rings (SSSR count). The Morgan fingerprint density at radius 2 is 1.69 bits per heavy atom. The molecular weight excluding hydrogens is 463 g/mol. The fourth-order valence-electron chi connectivity index (χ4n) is 4.00. The van der Waals surface area contributed by atoms with Crippen molar-refractivity contribution in [1.29, 1.82) is 0 Å². The molecule has 0 N–H and O–H groups in total. The lowest BCUT2D eigenvalue weighted by Gasteiger charge is -2.47. The van der Waals surface area contributed by atoms with Crippen molar-refractivity contribution in [3.8, 4) is 11.5 Å². The lowest BCUT2D eigenvalue weighted by atomic mass is 10.0. The minimum absolute atomic E-state index is 0.278. The number of halogens is 3. The van der Waals surface area contributed by atoms with E-state index in [1.54, 1.807) is 38.6 Å². The zero-order chi connectivity index (χ0) is 24.8. The van der Waals surface area contributed by atoms with E-state index in [2.05, 4.69) is 14.6 Å². The molecule has 2 heterocycles. The molecule has 7 nitrogen and oxygen atoms in total. The van der Waals surface area contributed by atoms with Gasteiger partial charge in [-0.05, 0) is 41.8 Å². The molecule has 1 saturated heterocycles. The van der Waals surface area contributed by atoms with Crippen LogP contribution in [0.4, 0.5) is 13.2 Å². The second kappa shape index (κ2) is 11.0. The van der Waals surface area contributed by atoms with Gasteiger partial charge in [-0.1, -0.05) is 24.3 Å². The summed E-state index contributed by atoms with van der Waals surface area (Å²) in [6, 6.07) is 13.1. The minimum Gasteiger partial charge on any atom is -0.497 e. The largest absolute Gasteiger partial charge is 0.573 e. The Labute approximate surface area is 202 Å². The first-order valence-electron chi connectivity index (χ1n) is 11.2. The number of allylic oxidation sites excluding steroid dienone is 1. The van der Waals surface area contributed by atoms with Gasteiger partial charge in [0.25, 0.3) is 0 Å². The molecule has 188 valence electrons. The molecule has 0 amide bonds. The molecule has 0 saturated carbocycles. The van der Waals surface area contributed by atoms with E-state index in [-0.39, 0.29) is 24.7 Å². The number of hydrogen-bond acceptors (Lipinski definition) is 7. The van der Waals surface area contributed by atoms with Crippen LogP contribution in [-0.4, -0.2) is 62.6 Å². The molecule has 2 aliphatic rings. The molecule has 10 heteroatoms. The zero-order valence-corrected chi connectivity index (χ0v) is 19.6. The number of likely N-dealkylation sites (tertiary alicyclic amines) is 1. The van der Waals surface area contributed by atoms with E-state index in [4.69, 9.17) is 14.2 Å². The highest BCUT2D eigenvalue weighted by Crippen LogP contribution is 2.35. The Hall–Kier alpha value is -3.24. The summed E-state index contributed by atoms with van der Waals surface area (Å²) in [4.78, 5) is 8.91. The highest BCUT2D eigenvalue weighted by molar-refractivity contribution is 5.72. The van der Waals surface area contributed by atoms with Crippen LogP contribution >= 0.6 is 0 Å². The minimum atomic E-state index is -4.75. The van der Waals surface area contributed by atoms with Crippen LogP contribution in [0.1, 0.15) is 23.6 Å². The molecule has 2 aromatic carbocycles. The highest BCUT2D eigenvalue weighted by atomic mass is 19.4. The smallest absolute Gasteiger partial charge is 0.497 e. The number of alkyl halides is 3. The number of benzene rings is 2. The number of methoxy groups -OCH3 is 2. The molecule has 1 fully saturated rings. The van der Waals surface area contributed by atoms with Crippen molar-refractivity contribution in [2.45, 2.75) is 31.7 Å². The Balaban J connectivity index is 1.58. The molecule has 2 aliphatic heterocycles. The Morgan fingerprint density at radius 3 is 2.26 bits per heavy atom.